The smallest absolute Gasteiger partial charge is 0.118 e. The lowest BCUT2D eigenvalue weighted by Gasteiger charge is -2.22. The molecule has 2 rings (SSSR count). The molecule has 2 N–H and O–H groups in total. The number of aromatic nitrogens is 1. The van der Waals surface area contributed by atoms with Gasteiger partial charge in [-0.2, -0.15) is 0 Å². The lowest BCUT2D eigenvalue weighted by atomic mass is 9.94. The van der Waals surface area contributed by atoms with Gasteiger partial charge in [0.2, 0.25) is 0 Å². The van der Waals surface area contributed by atoms with Gasteiger partial charge >= 0.3 is 0 Å². The van der Waals surface area contributed by atoms with Crippen molar-refractivity contribution >= 4 is 11.3 Å². The molecule has 4 heteroatoms. The first kappa shape index (κ1) is 15.0. The van der Waals surface area contributed by atoms with E-state index in [0.717, 1.165) is 22.9 Å². The number of ether oxygens (including phenoxy) is 1. The van der Waals surface area contributed by atoms with Gasteiger partial charge in [0.05, 0.1) is 18.3 Å². The highest BCUT2D eigenvalue weighted by molar-refractivity contribution is 7.09. The van der Waals surface area contributed by atoms with Crippen LogP contribution in [-0.2, 0) is 12.0 Å². The first-order valence-corrected chi connectivity index (χ1v) is 7.68. The van der Waals surface area contributed by atoms with E-state index in [4.69, 9.17) is 10.5 Å². The fraction of sp³-hybridized carbons (Fsp3) is 0.438. The predicted octanol–water partition coefficient (Wildman–Crippen LogP) is 3.69. The molecule has 1 atom stereocenters. The Morgan fingerprint density at radius 1 is 1.30 bits per heavy atom. The van der Waals surface area contributed by atoms with Gasteiger partial charge in [0.15, 0.2) is 0 Å². The zero-order valence-corrected chi connectivity index (χ0v) is 13.3. The number of hydrogen-bond acceptors (Lipinski definition) is 4. The number of nitrogens with two attached hydrogens (primary N) is 1. The van der Waals surface area contributed by atoms with Crippen molar-refractivity contribution in [2.45, 2.75) is 38.6 Å². The Labute approximate surface area is 124 Å². The minimum atomic E-state index is -0.438. The number of nitrogens with zero attached hydrogens (tertiary/aromatic N) is 1. The van der Waals surface area contributed by atoms with E-state index in [1.54, 1.807) is 18.4 Å². The van der Waals surface area contributed by atoms with E-state index in [0.29, 0.717) is 5.92 Å². The molecule has 0 saturated carbocycles. The van der Waals surface area contributed by atoms with Crippen LogP contribution in [0, 0.1) is 0 Å². The van der Waals surface area contributed by atoms with E-state index in [2.05, 4.69) is 36.3 Å². The van der Waals surface area contributed by atoms with E-state index in [9.17, 15) is 0 Å². The van der Waals surface area contributed by atoms with Crippen LogP contribution in [0.4, 0.5) is 0 Å². The minimum Gasteiger partial charge on any atom is -0.497 e. The van der Waals surface area contributed by atoms with E-state index >= 15 is 0 Å². The summed E-state index contributed by atoms with van der Waals surface area (Å²) in [6, 6.07) is 8.04. The highest BCUT2D eigenvalue weighted by atomic mass is 32.1. The Kier molecular flexibility index (Phi) is 4.45. The standard InChI is InChI=1S/C16H22N2OS/c1-11(2)14-10-20-15(18-14)16(3,17)9-12-5-7-13(19-4)8-6-12/h5-8,10-11H,9,17H2,1-4H3. The Morgan fingerprint density at radius 3 is 2.45 bits per heavy atom. The maximum absolute atomic E-state index is 6.47. The average Bonchev–Trinajstić information content (AvgIpc) is 2.90. The van der Waals surface area contributed by atoms with E-state index < -0.39 is 5.54 Å². The third kappa shape index (κ3) is 3.38. The number of benzene rings is 1. The lowest BCUT2D eigenvalue weighted by Crippen LogP contribution is -2.35. The van der Waals surface area contributed by atoms with Gasteiger partial charge in [0.1, 0.15) is 10.8 Å². The third-order valence-electron chi connectivity index (χ3n) is 3.33. The van der Waals surface area contributed by atoms with Gasteiger partial charge in [-0.1, -0.05) is 26.0 Å². The number of rotatable bonds is 5. The summed E-state index contributed by atoms with van der Waals surface area (Å²) in [5, 5.41) is 3.11. The molecular formula is C16H22N2OS. The maximum Gasteiger partial charge on any atom is 0.118 e. The molecule has 1 aromatic heterocycles. The molecule has 2 aromatic rings. The number of hydrogen-bond donors (Lipinski definition) is 1. The third-order valence-corrected chi connectivity index (χ3v) is 4.47. The van der Waals surface area contributed by atoms with Crippen LogP contribution in [0.1, 0.15) is 43.0 Å². The molecular weight excluding hydrogens is 268 g/mol. The summed E-state index contributed by atoms with van der Waals surface area (Å²) in [5.74, 6) is 1.31. The summed E-state index contributed by atoms with van der Waals surface area (Å²) >= 11 is 1.65. The van der Waals surface area contributed by atoms with Crippen molar-refractivity contribution in [3.63, 3.8) is 0 Å². The van der Waals surface area contributed by atoms with Crippen LogP contribution in [-0.4, -0.2) is 12.1 Å². The van der Waals surface area contributed by atoms with E-state index in [-0.39, 0.29) is 0 Å². The molecule has 0 aliphatic heterocycles. The van der Waals surface area contributed by atoms with Crippen LogP contribution >= 0.6 is 11.3 Å². The van der Waals surface area contributed by atoms with Crippen molar-refractivity contribution in [2.24, 2.45) is 5.73 Å². The van der Waals surface area contributed by atoms with Crippen molar-refractivity contribution in [3.8, 4) is 5.75 Å². The topological polar surface area (TPSA) is 48.1 Å². The Balaban J connectivity index is 2.16. The van der Waals surface area contributed by atoms with Crippen molar-refractivity contribution in [1.29, 1.82) is 0 Å². The van der Waals surface area contributed by atoms with Crippen LogP contribution in [0.15, 0.2) is 29.6 Å². The molecule has 0 radical (unpaired) electrons. The summed E-state index contributed by atoms with van der Waals surface area (Å²) in [6.45, 7) is 6.34. The molecule has 1 heterocycles. The molecule has 20 heavy (non-hydrogen) atoms. The Bertz CT molecular complexity index is 558. The fourth-order valence-electron chi connectivity index (χ4n) is 2.06. The second kappa shape index (κ2) is 5.94. The molecule has 0 aliphatic carbocycles. The van der Waals surface area contributed by atoms with Crippen LogP contribution in [0.3, 0.4) is 0 Å². The van der Waals surface area contributed by atoms with Crippen LogP contribution in [0.25, 0.3) is 0 Å². The summed E-state index contributed by atoms with van der Waals surface area (Å²) in [5.41, 5.74) is 8.35. The zero-order valence-electron chi connectivity index (χ0n) is 12.5. The van der Waals surface area contributed by atoms with Crippen LogP contribution < -0.4 is 10.5 Å². The van der Waals surface area contributed by atoms with E-state index in [1.165, 1.54) is 5.56 Å². The van der Waals surface area contributed by atoms with Crippen molar-refractivity contribution in [3.05, 3.63) is 45.9 Å². The van der Waals surface area contributed by atoms with Crippen LogP contribution in [0.5, 0.6) is 5.75 Å². The summed E-state index contributed by atoms with van der Waals surface area (Å²) < 4.78 is 5.17. The Morgan fingerprint density at radius 2 is 1.95 bits per heavy atom. The van der Waals surface area contributed by atoms with Crippen molar-refractivity contribution in [1.82, 2.24) is 4.98 Å². The largest absolute Gasteiger partial charge is 0.497 e. The molecule has 0 spiro atoms. The Hall–Kier alpha value is -1.39. The van der Waals surface area contributed by atoms with Gasteiger partial charge in [0.25, 0.3) is 0 Å². The molecule has 1 unspecified atom stereocenters. The SMILES string of the molecule is COc1ccc(CC(C)(N)c2nc(C(C)C)cs2)cc1. The second-order valence-electron chi connectivity index (χ2n) is 5.67. The minimum absolute atomic E-state index is 0.438. The average molecular weight is 290 g/mol. The highest BCUT2D eigenvalue weighted by Gasteiger charge is 2.25. The van der Waals surface area contributed by atoms with Gasteiger partial charge < -0.3 is 10.5 Å². The molecule has 0 fully saturated rings. The summed E-state index contributed by atoms with van der Waals surface area (Å²) in [4.78, 5) is 4.68. The fourth-order valence-corrected chi connectivity index (χ4v) is 3.11. The maximum atomic E-state index is 6.47. The highest BCUT2D eigenvalue weighted by Crippen LogP contribution is 2.28. The van der Waals surface area contributed by atoms with Crippen LogP contribution in [0.2, 0.25) is 0 Å². The molecule has 0 saturated heterocycles. The van der Waals surface area contributed by atoms with Gasteiger partial charge in [-0.25, -0.2) is 4.98 Å². The normalized spacial score (nSPS) is 14.3. The molecule has 3 nitrogen and oxygen atoms in total. The first-order valence-electron chi connectivity index (χ1n) is 6.80. The quantitative estimate of drug-likeness (QED) is 0.913. The number of methoxy groups -OCH3 is 1. The predicted molar refractivity (Wildman–Crippen MR) is 84.4 cm³/mol. The van der Waals surface area contributed by atoms with E-state index in [1.807, 2.05) is 19.1 Å². The second-order valence-corrected chi connectivity index (χ2v) is 6.53. The molecule has 0 bridgehead atoms. The molecule has 108 valence electrons. The van der Waals surface area contributed by atoms with Crippen molar-refractivity contribution < 1.29 is 4.74 Å². The lowest BCUT2D eigenvalue weighted by molar-refractivity contribution is 0.414. The van der Waals surface area contributed by atoms with Gasteiger partial charge in [-0.15, -0.1) is 11.3 Å². The van der Waals surface area contributed by atoms with Crippen molar-refractivity contribution in [2.75, 3.05) is 7.11 Å². The van der Waals surface area contributed by atoms with Gasteiger partial charge in [-0.05, 0) is 37.0 Å². The number of thiazole rings is 1. The summed E-state index contributed by atoms with van der Waals surface area (Å²) in [6.07, 6.45) is 0.766. The van der Waals surface area contributed by atoms with Gasteiger partial charge in [-0.3, -0.25) is 0 Å². The first-order chi connectivity index (χ1) is 9.42. The monoisotopic (exact) mass is 290 g/mol. The molecule has 1 aromatic carbocycles. The zero-order chi connectivity index (χ0) is 14.8. The molecule has 0 amide bonds. The molecule has 0 aliphatic rings. The summed E-state index contributed by atoms with van der Waals surface area (Å²) in [7, 11) is 1.67. The van der Waals surface area contributed by atoms with Gasteiger partial charge in [0, 0.05) is 5.38 Å².